The summed E-state index contributed by atoms with van der Waals surface area (Å²) in [6.45, 7) is 8.00. The molecule has 0 fully saturated rings. The molecule has 1 aliphatic heterocycles. The van der Waals surface area contributed by atoms with Gasteiger partial charge in [-0.2, -0.15) is 0 Å². The molecule has 2 aromatic rings. The van der Waals surface area contributed by atoms with E-state index in [-0.39, 0.29) is 18.0 Å². The first-order valence-electron chi connectivity index (χ1n) is 10.7. The van der Waals surface area contributed by atoms with Gasteiger partial charge in [0, 0.05) is 25.6 Å². The van der Waals surface area contributed by atoms with Crippen LogP contribution in [-0.4, -0.2) is 37.6 Å². The molecule has 0 saturated heterocycles. The molecule has 1 heterocycles. The Labute approximate surface area is 180 Å². The van der Waals surface area contributed by atoms with E-state index in [0.29, 0.717) is 12.3 Å². The lowest BCUT2D eigenvalue weighted by atomic mass is 9.87. The number of rotatable bonds is 8. The molecule has 162 valence electrons. The smallest absolute Gasteiger partial charge is 0.220 e. The molecule has 2 atom stereocenters. The van der Waals surface area contributed by atoms with Crippen molar-refractivity contribution < 1.29 is 14.3 Å². The molecule has 0 unspecified atom stereocenters. The third-order valence-corrected chi connectivity index (χ3v) is 5.71. The molecule has 0 saturated carbocycles. The van der Waals surface area contributed by atoms with Crippen molar-refractivity contribution in [1.82, 2.24) is 10.2 Å². The van der Waals surface area contributed by atoms with Crippen LogP contribution in [0.3, 0.4) is 0 Å². The van der Waals surface area contributed by atoms with E-state index in [1.165, 1.54) is 16.7 Å². The summed E-state index contributed by atoms with van der Waals surface area (Å²) in [6, 6.07) is 14.7. The van der Waals surface area contributed by atoms with Crippen molar-refractivity contribution in [1.29, 1.82) is 0 Å². The molecule has 5 heteroatoms. The number of hydrogen-bond donors (Lipinski definition) is 1. The number of nitrogens with one attached hydrogen (secondary N) is 1. The fourth-order valence-electron chi connectivity index (χ4n) is 4.37. The van der Waals surface area contributed by atoms with Gasteiger partial charge < -0.3 is 14.8 Å². The Morgan fingerprint density at radius 3 is 2.40 bits per heavy atom. The van der Waals surface area contributed by atoms with Crippen LogP contribution in [0, 0.1) is 5.92 Å². The van der Waals surface area contributed by atoms with Crippen LogP contribution < -0.4 is 14.8 Å². The normalized spacial score (nSPS) is 17.3. The van der Waals surface area contributed by atoms with Gasteiger partial charge in [0.1, 0.15) is 0 Å². The highest BCUT2D eigenvalue weighted by molar-refractivity contribution is 5.76. The van der Waals surface area contributed by atoms with Crippen LogP contribution in [0.25, 0.3) is 0 Å². The quantitative estimate of drug-likeness (QED) is 0.703. The van der Waals surface area contributed by atoms with Crippen LogP contribution in [0.1, 0.15) is 49.9 Å². The van der Waals surface area contributed by atoms with Crippen molar-refractivity contribution in [2.75, 3.05) is 20.8 Å². The van der Waals surface area contributed by atoms with E-state index in [4.69, 9.17) is 9.47 Å². The summed E-state index contributed by atoms with van der Waals surface area (Å²) in [4.78, 5) is 15.0. The molecule has 1 amide bonds. The van der Waals surface area contributed by atoms with Gasteiger partial charge in [-0.15, -0.1) is 0 Å². The predicted octanol–water partition coefficient (Wildman–Crippen LogP) is 4.35. The largest absolute Gasteiger partial charge is 0.493 e. The number of nitrogens with zero attached hydrogens (tertiary/aromatic N) is 1. The molecule has 1 N–H and O–H groups in total. The summed E-state index contributed by atoms with van der Waals surface area (Å²) in [5, 5.41) is 3.25. The number of amides is 1. The van der Waals surface area contributed by atoms with E-state index in [9.17, 15) is 4.79 Å². The summed E-state index contributed by atoms with van der Waals surface area (Å²) in [7, 11) is 3.33. The summed E-state index contributed by atoms with van der Waals surface area (Å²) < 4.78 is 11.1. The van der Waals surface area contributed by atoms with Crippen LogP contribution >= 0.6 is 0 Å². The maximum atomic E-state index is 12.5. The number of methoxy groups -OCH3 is 2. The van der Waals surface area contributed by atoms with E-state index in [0.717, 1.165) is 31.0 Å². The van der Waals surface area contributed by atoms with E-state index < -0.39 is 0 Å². The highest BCUT2D eigenvalue weighted by Crippen LogP contribution is 2.40. The Hall–Kier alpha value is -2.53. The number of fused-ring (bicyclic) bond motifs is 1. The SMILES string of the molecule is COc1cc2c(cc1OC)[C@H]([C@H](C)NC(=O)CC(C)C)N(Cc1ccccc1)CC2. The second-order valence-electron chi connectivity index (χ2n) is 8.51. The third kappa shape index (κ3) is 5.14. The minimum absolute atomic E-state index is 0.0305. The number of carbonyl (C=O) groups is 1. The first kappa shape index (κ1) is 22.2. The Bertz CT molecular complexity index is 851. The van der Waals surface area contributed by atoms with Crippen LogP contribution in [-0.2, 0) is 17.8 Å². The molecule has 1 aliphatic rings. The molecule has 0 radical (unpaired) electrons. The van der Waals surface area contributed by atoms with E-state index >= 15 is 0 Å². The van der Waals surface area contributed by atoms with Crippen molar-refractivity contribution in [3.05, 3.63) is 59.2 Å². The lowest BCUT2D eigenvalue weighted by molar-refractivity contribution is -0.122. The molecule has 30 heavy (non-hydrogen) atoms. The highest BCUT2D eigenvalue weighted by Gasteiger charge is 2.33. The molecule has 0 aromatic heterocycles. The van der Waals surface area contributed by atoms with Crippen LogP contribution in [0.2, 0.25) is 0 Å². The molecule has 0 spiro atoms. The number of ether oxygens (including phenoxy) is 2. The third-order valence-electron chi connectivity index (χ3n) is 5.71. The second kappa shape index (κ2) is 9.98. The lowest BCUT2D eigenvalue weighted by Crippen LogP contribution is -2.47. The van der Waals surface area contributed by atoms with E-state index in [1.54, 1.807) is 14.2 Å². The minimum Gasteiger partial charge on any atom is -0.493 e. The van der Waals surface area contributed by atoms with Crippen molar-refractivity contribution >= 4 is 5.91 Å². The molecule has 0 aliphatic carbocycles. The van der Waals surface area contributed by atoms with E-state index in [2.05, 4.69) is 67.4 Å². The first-order chi connectivity index (χ1) is 14.4. The van der Waals surface area contributed by atoms with Crippen LogP contribution in [0.5, 0.6) is 11.5 Å². The summed E-state index contributed by atoms with van der Waals surface area (Å²) in [6.07, 6.45) is 1.47. The van der Waals surface area contributed by atoms with Crippen LogP contribution in [0.15, 0.2) is 42.5 Å². The predicted molar refractivity (Wildman–Crippen MR) is 120 cm³/mol. The average Bonchev–Trinajstić information content (AvgIpc) is 2.72. The molecule has 2 aromatic carbocycles. The van der Waals surface area contributed by atoms with E-state index in [1.807, 2.05) is 6.07 Å². The maximum Gasteiger partial charge on any atom is 0.220 e. The van der Waals surface area contributed by atoms with Gasteiger partial charge >= 0.3 is 0 Å². The highest BCUT2D eigenvalue weighted by atomic mass is 16.5. The molecule has 5 nitrogen and oxygen atoms in total. The van der Waals surface area contributed by atoms with Gasteiger partial charge in [0.2, 0.25) is 5.91 Å². The zero-order chi connectivity index (χ0) is 21.7. The zero-order valence-corrected chi connectivity index (χ0v) is 18.8. The molecule has 0 bridgehead atoms. The Balaban J connectivity index is 1.95. The monoisotopic (exact) mass is 410 g/mol. The average molecular weight is 411 g/mol. The molecule has 3 rings (SSSR count). The fraction of sp³-hybridized carbons (Fsp3) is 0.480. The fourth-order valence-corrected chi connectivity index (χ4v) is 4.37. The summed E-state index contributed by atoms with van der Waals surface area (Å²) >= 11 is 0. The summed E-state index contributed by atoms with van der Waals surface area (Å²) in [5.74, 6) is 1.91. The molecular weight excluding hydrogens is 376 g/mol. The number of hydrogen-bond acceptors (Lipinski definition) is 4. The van der Waals surface area contributed by atoms with Crippen molar-refractivity contribution in [2.45, 2.75) is 52.2 Å². The molecular formula is C25H34N2O3. The van der Waals surface area contributed by atoms with Crippen LogP contribution in [0.4, 0.5) is 0 Å². The van der Waals surface area contributed by atoms with Crippen molar-refractivity contribution in [2.24, 2.45) is 5.92 Å². The van der Waals surface area contributed by atoms with Gasteiger partial charge in [0.15, 0.2) is 11.5 Å². The van der Waals surface area contributed by atoms with Gasteiger partial charge in [-0.25, -0.2) is 0 Å². The number of benzene rings is 2. The van der Waals surface area contributed by atoms with Gasteiger partial charge in [-0.3, -0.25) is 9.69 Å². The lowest BCUT2D eigenvalue weighted by Gasteiger charge is -2.41. The zero-order valence-electron chi connectivity index (χ0n) is 18.8. The van der Waals surface area contributed by atoms with Gasteiger partial charge in [0.05, 0.1) is 20.3 Å². The minimum atomic E-state index is -0.0305. The number of carbonyl (C=O) groups excluding carboxylic acids is 1. The first-order valence-corrected chi connectivity index (χ1v) is 10.7. The Morgan fingerprint density at radius 1 is 1.10 bits per heavy atom. The van der Waals surface area contributed by atoms with Crippen molar-refractivity contribution in [3.63, 3.8) is 0 Å². The summed E-state index contributed by atoms with van der Waals surface area (Å²) in [5.41, 5.74) is 3.73. The van der Waals surface area contributed by atoms with Gasteiger partial charge in [-0.05, 0) is 48.1 Å². The standard InChI is InChI=1S/C25H34N2O3/c1-17(2)13-24(28)26-18(3)25-21-15-23(30-5)22(29-4)14-20(21)11-12-27(25)16-19-9-7-6-8-10-19/h6-10,14-15,17-18,25H,11-13,16H2,1-5H3,(H,26,28)/t18-,25-/m0/s1. The Morgan fingerprint density at radius 2 is 1.77 bits per heavy atom. The van der Waals surface area contributed by atoms with Crippen molar-refractivity contribution in [3.8, 4) is 11.5 Å². The second-order valence-corrected chi connectivity index (χ2v) is 8.51. The van der Waals surface area contributed by atoms with Gasteiger partial charge in [-0.1, -0.05) is 44.2 Å². The van der Waals surface area contributed by atoms with Gasteiger partial charge in [0.25, 0.3) is 0 Å². The topological polar surface area (TPSA) is 50.8 Å². The maximum absolute atomic E-state index is 12.5. The Kier molecular flexibility index (Phi) is 7.38.